The number of furan rings is 1. The van der Waals surface area contributed by atoms with Gasteiger partial charge in [0.05, 0.1) is 6.04 Å². The second kappa shape index (κ2) is 6.42. The van der Waals surface area contributed by atoms with Crippen molar-refractivity contribution in [2.75, 3.05) is 6.54 Å². The van der Waals surface area contributed by atoms with E-state index in [0.717, 1.165) is 36.8 Å². The molecule has 1 saturated carbocycles. The monoisotopic (exact) mass is 324 g/mol. The first kappa shape index (κ1) is 15.4. The molecule has 3 atom stereocenters. The average molecular weight is 324 g/mol. The summed E-state index contributed by atoms with van der Waals surface area (Å²) < 4.78 is 5.92. The number of hydrogen-bond acceptors (Lipinski definition) is 3. The second-order valence-corrected chi connectivity index (χ2v) is 7.15. The maximum Gasteiger partial charge on any atom is 0.223 e. The summed E-state index contributed by atoms with van der Waals surface area (Å²) in [5, 5.41) is 0. The minimum absolute atomic E-state index is 0.208. The van der Waals surface area contributed by atoms with E-state index in [1.165, 1.54) is 12.0 Å². The number of likely N-dealkylation sites (tertiary alicyclic amines) is 1. The number of aromatic nitrogens is 1. The fourth-order valence-electron chi connectivity index (χ4n) is 3.82. The van der Waals surface area contributed by atoms with Gasteiger partial charge in [0, 0.05) is 37.7 Å². The number of hydrogen-bond donors (Lipinski definition) is 0. The zero-order valence-electron chi connectivity index (χ0n) is 14.1. The van der Waals surface area contributed by atoms with Crippen molar-refractivity contribution in [3.05, 3.63) is 53.7 Å². The molecule has 0 aromatic carbocycles. The highest BCUT2D eigenvalue weighted by atomic mass is 16.3. The Balaban J connectivity index is 1.36. The molecule has 1 amide bonds. The van der Waals surface area contributed by atoms with Crippen LogP contribution in [0, 0.1) is 5.92 Å². The maximum atomic E-state index is 12.7. The average Bonchev–Trinajstić information content (AvgIpc) is 3.05. The van der Waals surface area contributed by atoms with E-state index in [2.05, 4.69) is 18.0 Å². The van der Waals surface area contributed by atoms with Gasteiger partial charge in [0.15, 0.2) is 0 Å². The molecule has 0 N–H and O–H groups in total. The van der Waals surface area contributed by atoms with Gasteiger partial charge in [-0.2, -0.15) is 0 Å². The molecular formula is C20H24N2O2. The van der Waals surface area contributed by atoms with Gasteiger partial charge in [0.25, 0.3) is 0 Å². The number of aryl methyl sites for hydroxylation is 1. The molecule has 2 aromatic rings. The molecule has 1 saturated heterocycles. The minimum atomic E-state index is 0.208. The molecule has 0 bridgehead atoms. The van der Waals surface area contributed by atoms with Crippen LogP contribution in [-0.4, -0.2) is 22.3 Å². The number of rotatable bonds is 5. The fourth-order valence-corrected chi connectivity index (χ4v) is 3.82. The largest absolute Gasteiger partial charge is 0.466 e. The van der Waals surface area contributed by atoms with Crippen LogP contribution in [0.15, 0.2) is 41.1 Å². The predicted octanol–water partition coefficient (Wildman–Crippen LogP) is 4.09. The Hall–Kier alpha value is -2.10. The van der Waals surface area contributed by atoms with Crippen LogP contribution in [0.3, 0.4) is 0 Å². The van der Waals surface area contributed by atoms with E-state index in [-0.39, 0.29) is 11.9 Å². The summed E-state index contributed by atoms with van der Waals surface area (Å²) in [5.74, 6) is 3.62. The Morgan fingerprint density at radius 3 is 2.83 bits per heavy atom. The number of nitrogens with zero attached hydrogens (tertiary/aromatic N) is 2. The van der Waals surface area contributed by atoms with E-state index >= 15 is 0 Å². The van der Waals surface area contributed by atoms with Gasteiger partial charge in [-0.25, -0.2) is 0 Å². The molecule has 4 rings (SSSR count). The van der Waals surface area contributed by atoms with Crippen molar-refractivity contribution in [2.45, 2.75) is 51.0 Å². The highest BCUT2D eigenvalue weighted by Gasteiger charge is 2.36. The van der Waals surface area contributed by atoms with Crippen LogP contribution in [0.25, 0.3) is 0 Å². The molecule has 2 aliphatic rings. The van der Waals surface area contributed by atoms with Crippen LogP contribution >= 0.6 is 0 Å². The van der Waals surface area contributed by atoms with Crippen molar-refractivity contribution >= 4 is 5.91 Å². The van der Waals surface area contributed by atoms with Gasteiger partial charge in [0.1, 0.15) is 11.5 Å². The van der Waals surface area contributed by atoms with Crippen molar-refractivity contribution in [3.8, 4) is 0 Å². The lowest BCUT2D eigenvalue weighted by Gasteiger charge is -2.25. The summed E-state index contributed by atoms with van der Waals surface area (Å²) in [6.45, 7) is 3.11. The van der Waals surface area contributed by atoms with E-state index in [4.69, 9.17) is 4.42 Å². The lowest BCUT2D eigenvalue weighted by atomic mass is 10.1. The SMILES string of the molecule is C[C@@H]1C[C@H]1c1ccc(CCC(=O)N2CCC[C@@H]2c2ccncc2)o1. The first-order chi connectivity index (χ1) is 11.7. The fraction of sp³-hybridized carbons (Fsp3) is 0.500. The molecule has 0 spiro atoms. The zero-order valence-corrected chi connectivity index (χ0v) is 14.1. The lowest BCUT2D eigenvalue weighted by Crippen LogP contribution is -2.30. The van der Waals surface area contributed by atoms with Crippen LogP contribution in [0.5, 0.6) is 0 Å². The molecule has 24 heavy (non-hydrogen) atoms. The van der Waals surface area contributed by atoms with Crippen LogP contribution in [0.4, 0.5) is 0 Å². The Labute approximate surface area is 142 Å². The van der Waals surface area contributed by atoms with Gasteiger partial charge >= 0.3 is 0 Å². The third-order valence-corrected chi connectivity index (χ3v) is 5.41. The Bertz CT molecular complexity index is 709. The van der Waals surface area contributed by atoms with Crippen LogP contribution in [0.1, 0.15) is 61.7 Å². The Morgan fingerprint density at radius 1 is 1.29 bits per heavy atom. The Kier molecular flexibility index (Phi) is 4.13. The van der Waals surface area contributed by atoms with E-state index in [1.54, 1.807) is 12.4 Å². The van der Waals surface area contributed by atoms with Crippen LogP contribution in [-0.2, 0) is 11.2 Å². The van der Waals surface area contributed by atoms with Crippen molar-refractivity contribution in [2.24, 2.45) is 5.92 Å². The number of pyridine rings is 1. The summed E-state index contributed by atoms with van der Waals surface area (Å²) in [4.78, 5) is 18.8. The van der Waals surface area contributed by atoms with E-state index < -0.39 is 0 Å². The van der Waals surface area contributed by atoms with Crippen molar-refractivity contribution in [3.63, 3.8) is 0 Å². The standard InChI is InChI=1S/C20H24N2O2/c1-14-13-17(14)19-6-4-16(24-19)5-7-20(23)22-12-2-3-18(22)15-8-10-21-11-9-15/h4,6,8-11,14,17-18H,2-3,5,7,12-13H2,1H3/t14-,17-,18-/m1/s1. The molecule has 1 aliphatic heterocycles. The molecule has 126 valence electrons. The zero-order chi connectivity index (χ0) is 16.5. The quantitative estimate of drug-likeness (QED) is 0.832. The van der Waals surface area contributed by atoms with Gasteiger partial charge < -0.3 is 9.32 Å². The van der Waals surface area contributed by atoms with Crippen molar-refractivity contribution in [1.82, 2.24) is 9.88 Å². The second-order valence-electron chi connectivity index (χ2n) is 7.15. The normalized spacial score (nSPS) is 25.9. The molecule has 2 fully saturated rings. The molecule has 4 heteroatoms. The van der Waals surface area contributed by atoms with Gasteiger partial charge in [-0.15, -0.1) is 0 Å². The number of amides is 1. The summed E-state index contributed by atoms with van der Waals surface area (Å²) in [5.41, 5.74) is 1.19. The first-order valence-corrected chi connectivity index (χ1v) is 9.00. The summed E-state index contributed by atoms with van der Waals surface area (Å²) in [6, 6.07) is 8.37. The number of carbonyl (C=O) groups is 1. The third-order valence-electron chi connectivity index (χ3n) is 5.41. The summed E-state index contributed by atoms with van der Waals surface area (Å²) >= 11 is 0. The maximum absolute atomic E-state index is 12.7. The minimum Gasteiger partial charge on any atom is -0.466 e. The molecular weight excluding hydrogens is 300 g/mol. The van der Waals surface area contributed by atoms with E-state index in [0.29, 0.717) is 18.8 Å². The molecule has 4 nitrogen and oxygen atoms in total. The smallest absolute Gasteiger partial charge is 0.223 e. The lowest BCUT2D eigenvalue weighted by molar-refractivity contribution is -0.132. The predicted molar refractivity (Wildman–Crippen MR) is 91.5 cm³/mol. The molecule has 0 unspecified atom stereocenters. The van der Waals surface area contributed by atoms with Gasteiger partial charge in [0.2, 0.25) is 5.91 Å². The van der Waals surface area contributed by atoms with E-state index in [9.17, 15) is 4.79 Å². The Morgan fingerprint density at radius 2 is 2.08 bits per heavy atom. The molecule has 1 aliphatic carbocycles. The summed E-state index contributed by atoms with van der Waals surface area (Å²) in [6.07, 6.45) is 8.17. The molecule has 0 radical (unpaired) electrons. The van der Waals surface area contributed by atoms with Crippen LogP contribution in [0.2, 0.25) is 0 Å². The highest BCUT2D eigenvalue weighted by Crippen LogP contribution is 2.47. The summed E-state index contributed by atoms with van der Waals surface area (Å²) in [7, 11) is 0. The third kappa shape index (κ3) is 3.10. The molecule has 3 heterocycles. The van der Waals surface area contributed by atoms with Gasteiger partial charge in [-0.3, -0.25) is 9.78 Å². The van der Waals surface area contributed by atoms with Gasteiger partial charge in [-0.05, 0) is 55.0 Å². The van der Waals surface area contributed by atoms with Crippen LogP contribution < -0.4 is 0 Å². The van der Waals surface area contributed by atoms with Crippen molar-refractivity contribution in [1.29, 1.82) is 0 Å². The number of carbonyl (C=O) groups excluding carboxylic acids is 1. The first-order valence-electron chi connectivity index (χ1n) is 9.00. The van der Waals surface area contributed by atoms with Crippen molar-refractivity contribution < 1.29 is 9.21 Å². The highest BCUT2D eigenvalue weighted by molar-refractivity contribution is 5.77. The molecule has 2 aromatic heterocycles. The van der Waals surface area contributed by atoms with Gasteiger partial charge in [-0.1, -0.05) is 6.92 Å². The van der Waals surface area contributed by atoms with E-state index in [1.807, 2.05) is 23.1 Å². The topological polar surface area (TPSA) is 46.3 Å².